The second-order valence-corrected chi connectivity index (χ2v) is 11.6. The number of aliphatic hydroxyl groups is 2. The van der Waals surface area contributed by atoms with E-state index in [1.54, 1.807) is 30.3 Å². The first-order valence-corrected chi connectivity index (χ1v) is 13.6. The zero-order chi connectivity index (χ0) is 32.9. The molecule has 0 saturated carbocycles. The van der Waals surface area contributed by atoms with Gasteiger partial charge < -0.3 is 30.3 Å². The Labute approximate surface area is 256 Å². The normalized spacial score (nSPS) is 14.6. The average Bonchev–Trinajstić information content (AvgIpc) is 2.95. The molecule has 2 amide bonds. The summed E-state index contributed by atoms with van der Waals surface area (Å²) in [5.74, 6) is -0.803. The maximum absolute atomic E-state index is 14.5. The first kappa shape index (κ1) is 34.5. The van der Waals surface area contributed by atoms with Gasteiger partial charge in [0.15, 0.2) is 0 Å². The van der Waals surface area contributed by atoms with Crippen molar-refractivity contribution < 1.29 is 46.8 Å². The molecule has 1 heterocycles. The number of aromatic nitrogens is 1. The van der Waals surface area contributed by atoms with Crippen LogP contribution in [0.1, 0.15) is 44.5 Å². The fourth-order valence-corrected chi connectivity index (χ4v) is 4.08. The molecule has 2 unspecified atom stereocenters. The molecule has 0 aliphatic carbocycles. The molecule has 3 aromatic rings. The Hall–Kier alpha value is -3.94. The van der Waals surface area contributed by atoms with Gasteiger partial charge in [0.2, 0.25) is 5.60 Å². The van der Waals surface area contributed by atoms with Crippen molar-refractivity contribution in [2.75, 3.05) is 13.2 Å². The van der Waals surface area contributed by atoms with E-state index in [0.717, 1.165) is 18.2 Å². The summed E-state index contributed by atoms with van der Waals surface area (Å²) < 4.78 is 67.7. The molecule has 0 aliphatic heterocycles. The number of nitrogens with one attached hydrogen (secondary N) is 2. The minimum atomic E-state index is -5.40. The number of pyridine rings is 1. The van der Waals surface area contributed by atoms with Gasteiger partial charge in [-0.15, -0.1) is 0 Å². The fraction of sp³-hybridized carbons (Fsp3) is 0.367. The standard InChI is InChI=1S/C30H32ClF4N3O6/c1-27(2,3)44-25(40)36-16-29(42,30(33,34)35)24-14-20(13-23(37-24)19-10-11-22(32)21(31)12-19)28(4,17-39)38-26(41)43-15-18-8-6-5-7-9-18/h5-14,39,42H,15-17H2,1-4H3,(H,36,40)(H,38,41). The quantitative estimate of drug-likeness (QED) is 0.213. The molecule has 3 rings (SSSR count). The zero-order valence-electron chi connectivity index (χ0n) is 24.3. The van der Waals surface area contributed by atoms with E-state index in [4.69, 9.17) is 21.1 Å². The second-order valence-electron chi connectivity index (χ2n) is 11.1. The van der Waals surface area contributed by atoms with E-state index >= 15 is 0 Å². The van der Waals surface area contributed by atoms with Crippen LogP contribution < -0.4 is 10.6 Å². The Morgan fingerprint density at radius 1 is 0.977 bits per heavy atom. The van der Waals surface area contributed by atoms with E-state index in [1.807, 2.05) is 5.32 Å². The predicted molar refractivity (Wildman–Crippen MR) is 153 cm³/mol. The third-order valence-corrected chi connectivity index (χ3v) is 6.65. The number of rotatable bonds is 9. The van der Waals surface area contributed by atoms with Crippen molar-refractivity contribution in [3.05, 3.63) is 88.3 Å². The lowest BCUT2D eigenvalue weighted by Crippen LogP contribution is -2.52. The lowest BCUT2D eigenvalue weighted by molar-refractivity contribution is -0.265. The van der Waals surface area contributed by atoms with E-state index in [2.05, 4.69) is 10.3 Å². The number of alkyl halides is 3. The van der Waals surface area contributed by atoms with Crippen LogP contribution in [-0.2, 0) is 27.2 Å². The molecule has 14 heteroatoms. The molecule has 0 saturated heterocycles. The molecule has 238 valence electrons. The Morgan fingerprint density at radius 3 is 2.20 bits per heavy atom. The predicted octanol–water partition coefficient (Wildman–Crippen LogP) is 5.95. The molecule has 0 radical (unpaired) electrons. The second kappa shape index (κ2) is 13.4. The largest absolute Gasteiger partial charge is 0.445 e. The number of carbonyl (C=O) groups is 2. The van der Waals surface area contributed by atoms with Gasteiger partial charge in [-0.3, -0.25) is 0 Å². The summed E-state index contributed by atoms with van der Waals surface area (Å²) >= 11 is 5.91. The van der Waals surface area contributed by atoms with Crippen LogP contribution in [0.3, 0.4) is 0 Å². The molecule has 44 heavy (non-hydrogen) atoms. The first-order chi connectivity index (χ1) is 20.4. The average molecular weight is 642 g/mol. The number of nitrogens with zero attached hydrogens (tertiary/aromatic N) is 1. The van der Waals surface area contributed by atoms with Crippen molar-refractivity contribution in [3.63, 3.8) is 0 Å². The fourth-order valence-electron chi connectivity index (χ4n) is 3.90. The van der Waals surface area contributed by atoms with Crippen molar-refractivity contribution in [1.29, 1.82) is 0 Å². The van der Waals surface area contributed by atoms with Gasteiger partial charge in [-0.05, 0) is 69.2 Å². The summed E-state index contributed by atoms with van der Waals surface area (Å²) in [6.07, 6.45) is -7.64. The van der Waals surface area contributed by atoms with Crippen LogP contribution in [0.4, 0.5) is 27.2 Å². The minimum Gasteiger partial charge on any atom is -0.445 e. The molecule has 4 N–H and O–H groups in total. The van der Waals surface area contributed by atoms with Crippen molar-refractivity contribution in [2.24, 2.45) is 0 Å². The van der Waals surface area contributed by atoms with Crippen molar-refractivity contribution in [3.8, 4) is 11.3 Å². The molecule has 0 bridgehead atoms. The monoisotopic (exact) mass is 641 g/mol. The third kappa shape index (κ3) is 8.58. The van der Waals surface area contributed by atoms with Crippen molar-refractivity contribution in [1.82, 2.24) is 15.6 Å². The van der Waals surface area contributed by atoms with Crippen LogP contribution in [-0.4, -0.2) is 52.3 Å². The highest BCUT2D eigenvalue weighted by Gasteiger charge is 2.57. The van der Waals surface area contributed by atoms with Crippen LogP contribution in [0.15, 0.2) is 60.7 Å². The minimum absolute atomic E-state index is 0.0519. The number of hydrogen-bond acceptors (Lipinski definition) is 7. The summed E-state index contributed by atoms with van der Waals surface area (Å²) in [7, 11) is 0. The van der Waals surface area contributed by atoms with Gasteiger partial charge in [-0.1, -0.05) is 41.9 Å². The maximum Gasteiger partial charge on any atom is 0.424 e. The molecule has 2 aromatic carbocycles. The Bertz CT molecular complexity index is 1490. The summed E-state index contributed by atoms with van der Waals surface area (Å²) in [6, 6.07) is 14.0. The van der Waals surface area contributed by atoms with E-state index < -0.39 is 59.8 Å². The lowest BCUT2D eigenvalue weighted by atomic mass is 9.88. The van der Waals surface area contributed by atoms with Crippen LogP contribution in [0.5, 0.6) is 0 Å². The van der Waals surface area contributed by atoms with Gasteiger partial charge in [-0.25, -0.2) is 19.0 Å². The first-order valence-electron chi connectivity index (χ1n) is 13.2. The summed E-state index contributed by atoms with van der Waals surface area (Å²) in [4.78, 5) is 28.9. The number of ether oxygens (including phenoxy) is 2. The molecular weight excluding hydrogens is 610 g/mol. The maximum atomic E-state index is 14.5. The van der Waals surface area contributed by atoms with Crippen molar-refractivity contribution >= 4 is 23.8 Å². The number of hydrogen-bond donors (Lipinski definition) is 4. The van der Waals surface area contributed by atoms with Gasteiger partial charge in [-0.2, -0.15) is 13.2 Å². The van der Waals surface area contributed by atoms with Gasteiger partial charge in [0.25, 0.3) is 0 Å². The molecule has 0 spiro atoms. The molecule has 0 fully saturated rings. The topological polar surface area (TPSA) is 130 Å². The van der Waals surface area contributed by atoms with Gasteiger partial charge in [0, 0.05) is 5.56 Å². The number of alkyl carbamates (subject to hydrolysis) is 2. The van der Waals surface area contributed by atoms with E-state index in [-0.39, 0.29) is 28.5 Å². The zero-order valence-corrected chi connectivity index (χ0v) is 25.0. The smallest absolute Gasteiger partial charge is 0.424 e. The van der Waals surface area contributed by atoms with Gasteiger partial charge in [0.1, 0.15) is 18.0 Å². The molecule has 1 aromatic heterocycles. The van der Waals surface area contributed by atoms with Gasteiger partial charge in [0.05, 0.1) is 35.1 Å². The lowest BCUT2D eigenvalue weighted by Gasteiger charge is -2.34. The summed E-state index contributed by atoms with van der Waals surface area (Å²) in [5.41, 5.74) is -7.28. The van der Waals surface area contributed by atoms with Crippen LogP contribution >= 0.6 is 11.6 Å². The highest BCUT2D eigenvalue weighted by molar-refractivity contribution is 6.31. The van der Waals surface area contributed by atoms with E-state index in [0.29, 0.717) is 5.56 Å². The molecule has 0 aliphatic rings. The number of amides is 2. The van der Waals surface area contributed by atoms with E-state index in [9.17, 15) is 37.4 Å². The SMILES string of the molecule is CC(C)(C)OC(=O)NCC(O)(c1cc(C(C)(CO)NC(=O)OCc2ccccc2)cc(-c2ccc(F)c(Cl)c2)n1)C(F)(F)F. The van der Waals surface area contributed by atoms with E-state index in [1.165, 1.54) is 39.8 Å². The summed E-state index contributed by atoms with van der Waals surface area (Å²) in [6.45, 7) is 3.43. The van der Waals surface area contributed by atoms with Crippen LogP contribution in [0.25, 0.3) is 11.3 Å². The van der Waals surface area contributed by atoms with Crippen LogP contribution in [0.2, 0.25) is 5.02 Å². The van der Waals surface area contributed by atoms with Crippen LogP contribution in [0, 0.1) is 5.82 Å². The Balaban J connectivity index is 2.09. The number of halogens is 5. The number of carbonyl (C=O) groups excluding carboxylic acids is 2. The molecule has 2 atom stereocenters. The molecular formula is C30H32ClF4N3O6. The number of aliphatic hydroxyl groups excluding tert-OH is 1. The summed E-state index contributed by atoms with van der Waals surface area (Å²) in [5, 5.41) is 25.4. The highest BCUT2D eigenvalue weighted by atomic mass is 35.5. The highest BCUT2D eigenvalue weighted by Crippen LogP contribution is 2.40. The van der Waals surface area contributed by atoms with Gasteiger partial charge >= 0.3 is 18.4 Å². The Kier molecular flexibility index (Phi) is 10.5. The Morgan fingerprint density at radius 2 is 1.64 bits per heavy atom. The number of benzene rings is 2. The van der Waals surface area contributed by atoms with Crippen molar-refractivity contribution in [2.45, 2.75) is 57.2 Å². The molecule has 9 nitrogen and oxygen atoms in total. The third-order valence-electron chi connectivity index (χ3n) is 6.36.